The number of thiazole rings is 1. The van der Waals surface area contributed by atoms with Crippen LogP contribution in [-0.2, 0) is 6.54 Å². The lowest BCUT2D eigenvalue weighted by Gasteiger charge is -2.04. The van der Waals surface area contributed by atoms with E-state index in [1.165, 1.54) is 29.5 Å². The normalized spacial score (nSPS) is 10.2. The summed E-state index contributed by atoms with van der Waals surface area (Å²) in [6.07, 6.45) is 0. The van der Waals surface area contributed by atoms with Gasteiger partial charge in [-0.1, -0.05) is 0 Å². The second kappa shape index (κ2) is 5.05. The van der Waals surface area contributed by atoms with E-state index in [9.17, 15) is 9.18 Å². The van der Waals surface area contributed by atoms with Crippen molar-refractivity contribution in [3.05, 3.63) is 51.7 Å². The monoisotopic (exact) mass is 250 g/mol. The van der Waals surface area contributed by atoms with Crippen LogP contribution >= 0.6 is 11.3 Å². The van der Waals surface area contributed by atoms with Crippen molar-refractivity contribution in [2.75, 3.05) is 0 Å². The van der Waals surface area contributed by atoms with E-state index < -0.39 is 0 Å². The lowest BCUT2D eigenvalue weighted by molar-refractivity contribution is 0.0950. The number of benzene rings is 1. The number of hydrogen-bond donors (Lipinski definition) is 1. The third-order valence-electron chi connectivity index (χ3n) is 2.33. The third kappa shape index (κ3) is 2.88. The van der Waals surface area contributed by atoms with Crippen molar-refractivity contribution in [1.29, 1.82) is 0 Å². The first kappa shape index (κ1) is 11.7. The maximum Gasteiger partial charge on any atom is 0.251 e. The van der Waals surface area contributed by atoms with Crippen LogP contribution in [0.25, 0.3) is 0 Å². The van der Waals surface area contributed by atoms with Gasteiger partial charge < -0.3 is 5.32 Å². The van der Waals surface area contributed by atoms with E-state index in [-0.39, 0.29) is 11.7 Å². The highest BCUT2D eigenvalue weighted by molar-refractivity contribution is 7.07. The van der Waals surface area contributed by atoms with Crippen molar-refractivity contribution in [2.24, 2.45) is 0 Å². The molecule has 17 heavy (non-hydrogen) atoms. The molecule has 3 nitrogen and oxygen atoms in total. The number of nitrogens with one attached hydrogen (secondary N) is 1. The summed E-state index contributed by atoms with van der Waals surface area (Å²) in [6.45, 7) is 2.02. The Hall–Kier alpha value is -1.75. The summed E-state index contributed by atoms with van der Waals surface area (Å²) in [5.41, 5.74) is 3.46. The fraction of sp³-hybridized carbons (Fsp3) is 0.167. The minimum absolute atomic E-state index is 0.221. The average Bonchev–Trinajstić information content (AvgIpc) is 2.82. The molecule has 0 aliphatic rings. The van der Waals surface area contributed by atoms with Gasteiger partial charge in [-0.05, 0) is 30.7 Å². The summed E-state index contributed by atoms with van der Waals surface area (Å²) in [4.78, 5) is 15.8. The lowest BCUT2D eigenvalue weighted by Crippen LogP contribution is -2.23. The first-order valence-electron chi connectivity index (χ1n) is 5.08. The number of aromatic nitrogens is 1. The van der Waals surface area contributed by atoms with Gasteiger partial charge in [-0.2, -0.15) is 0 Å². The summed E-state index contributed by atoms with van der Waals surface area (Å²) >= 11 is 1.48. The Morgan fingerprint density at radius 3 is 3.00 bits per heavy atom. The Labute approximate surface area is 102 Å². The molecule has 1 aromatic carbocycles. The zero-order valence-corrected chi connectivity index (χ0v) is 10.1. The van der Waals surface area contributed by atoms with Gasteiger partial charge >= 0.3 is 0 Å². The Morgan fingerprint density at radius 1 is 1.53 bits per heavy atom. The van der Waals surface area contributed by atoms with Crippen LogP contribution in [0.1, 0.15) is 21.6 Å². The smallest absolute Gasteiger partial charge is 0.251 e. The molecule has 1 N–H and O–H groups in total. The Bertz CT molecular complexity index is 525. The van der Waals surface area contributed by atoms with Crippen molar-refractivity contribution >= 4 is 17.2 Å². The van der Waals surface area contributed by atoms with Gasteiger partial charge in [-0.3, -0.25) is 4.79 Å². The molecular weight excluding hydrogens is 239 g/mol. The third-order valence-corrected chi connectivity index (χ3v) is 2.97. The molecule has 1 amide bonds. The van der Waals surface area contributed by atoms with Crippen LogP contribution in [0, 0.1) is 12.7 Å². The first-order chi connectivity index (χ1) is 8.16. The number of nitrogens with zero attached hydrogens (tertiary/aromatic N) is 1. The first-order valence-corrected chi connectivity index (χ1v) is 6.02. The van der Waals surface area contributed by atoms with E-state index in [0.717, 1.165) is 5.69 Å². The molecule has 0 aliphatic heterocycles. The molecule has 0 saturated carbocycles. The maximum absolute atomic E-state index is 13.0. The SMILES string of the molecule is Cc1cc(C(=O)NCc2cscn2)ccc1F. The van der Waals surface area contributed by atoms with E-state index in [1.807, 2.05) is 5.38 Å². The Kier molecular flexibility index (Phi) is 3.49. The van der Waals surface area contributed by atoms with Crippen LogP contribution in [0.3, 0.4) is 0 Å². The van der Waals surface area contributed by atoms with Crippen molar-refractivity contribution in [1.82, 2.24) is 10.3 Å². The Morgan fingerprint density at radius 2 is 2.35 bits per heavy atom. The molecule has 5 heteroatoms. The lowest BCUT2D eigenvalue weighted by atomic mass is 10.1. The summed E-state index contributed by atoms with van der Waals surface area (Å²) in [5, 5.41) is 4.60. The molecule has 0 aliphatic carbocycles. The largest absolute Gasteiger partial charge is 0.346 e. The summed E-state index contributed by atoms with van der Waals surface area (Å²) in [6, 6.07) is 4.30. The minimum Gasteiger partial charge on any atom is -0.346 e. The number of carbonyl (C=O) groups is 1. The van der Waals surface area contributed by atoms with Crippen LogP contribution in [0.2, 0.25) is 0 Å². The molecule has 2 rings (SSSR count). The van der Waals surface area contributed by atoms with Crippen molar-refractivity contribution in [2.45, 2.75) is 13.5 Å². The minimum atomic E-state index is -0.305. The topological polar surface area (TPSA) is 42.0 Å². The summed E-state index contributed by atoms with van der Waals surface area (Å²) in [7, 11) is 0. The van der Waals surface area contributed by atoms with Crippen molar-refractivity contribution in [3.8, 4) is 0 Å². The standard InChI is InChI=1S/C12H11FN2OS/c1-8-4-9(2-3-11(8)13)12(16)14-5-10-6-17-7-15-10/h2-4,6-7H,5H2,1H3,(H,14,16). The van der Waals surface area contributed by atoms with Gasteiger partial charge in [0.2, 0.25) is 0 Å². The van der Waals surface area contributed by atoms with Gasteiger partial charge in [0, 0.05) is 10.9 Å². The van der Waals surface area contributed by atoms with Crippen molar-refractivity contribution < 1.29 is 9.18 Å². The van der Waals surface area contributed by atoms with Gasteiger partial charge in [-0.25, -0.2) is 9.37 Å². The van der Waals surface area contributed by atoms with Crippen LogP contribution < -0.4 is 5.32 Å². The van der Waals surface area contributed by atoms with E-state index >= 15 is 0 Å². The molecular formula is C12H11FN2OS. The molecule has 0 saturated heterocycles. The fourth-order valence-electron chi connectivity index (χ4n) is 1.38. The number of amides is 1. The van der Waals surface area contributed by atoms with E-state index in [4.69, 9.17) is 0 Å². The number of hydrogen-bond acceptors (Lipinski definition) is 3. The van der Waals surface area contributed by atoms with Gasteiger partial charge in [0.05, 0.1) is 17.7 Å². The van der Waals surface area contributed by atoms with E-state index in [1.54, 1.807) is 12.4 Å². The molecule has 2 aromatic rings. The number of aryl methyl sites for hydroxylation is 1. The van der Waals surface area contributed by atoms with Gasteiger partial charge in [0.25, 0.3) is 5.91 Å². The second-order valence-electron chi connectivity index (χ2n) is 3.63. The van der Waals surface area contributed by atoms with Crippen LogP contribution in [0.15, 0.2) is 29.1 Å². The molecule has 0 fully saturated rings. The van der Waals surface area contributed by atoms with Crippen molar-refractivity contribution in [3.63, 3.8) is 0 Å². The van der Waals surface area contributed by atoms with Gasteiger partial charge in [-0.15, -0.1) is 11.3 Å². The number of rotatable bonds is 3. The average molecular weight is 250 g/mol. The van der Waals surface area contributed by atoms with Gasteiger partial charge in [0.1, 0.15) is 5.82 Å². The van der Waals surface area contributed by atoms with E-state index in [0.29, 0.717) is 17.7 Å². The van der Waals surface area contributed by atoms with Crippen LogP contribution in [0.5, 0.6) is 0 Å². The molecule has 0 radical (unpaired) electrons. The molecule has 0 spiro atoms. The molecule has 0 unspecified atom stereocenters. The second-order valence-corrected chi connectivity index (χ2v) is 4.35. The maximum atomic E-state index is 13.0. The highest BCUT2D eigenvalue weighted by Gasteiger charge is 2.07. The Balaban J connectivity index is 2.02. The zero-order valence-electron chi connectivity index (χ0n) is 9.24. The molecule has 1 heterocycles. The quantitative estimate of drug-likeness (QED) is 0.909. The molecule has 1 aromatic heterocycles. The van der Waals surface area contributed by atoms with Crippen LogP contribution in [0.4, 0.5) is 4.39 Å². The zero-order chi connectivity index (χ0) is 12.3. The summed E-state index contributed by atoms with van der Waals surface area (Å²) in [5.74, 6) is -0.526. The number of carbonyl (C=O) groups excluding carboxylic acids is 1. The van der Waals surface area contributed by atoms with Crippen LogP contribution in [-0.4, -0.2) is 10.9 Å². The highest BCUT2D eigenvalue weighted by atomic mass is 32.1. The van der Waals surface area contributed by atoms with Gasteiger partial charge in [0.15, 0.2) is 0 Å². The summed E-state index contributed by atoms with van der Waals surface area (Å²) < 4.78 is 13.0. The highest BCUT2D eigenvalue weighted by Crippen LogP contribution is 2.09. The molecule has 0 bridgehead atoms. The fourth-order valence-corrected chi connectivity index (χ4v) is 1.94. The molecule has 0 atom stereocenters. The number of halogens is 1. The van der Waals surface area contributed by atoms with E-state index in [2.05, 4.69) is 10.3 Å². The predicted octanol–water partition coefficient (Wildman–Crippen LogP) is 2.52. The molecule has 88 valence electrons. The predicted molar refractivity (Wildman–Crippen MR) is 64.4 cm³/mol.